The van der Waals surface area contributed by atoms with Crippen molar-refractivity contribution in [2.45, 2.75) is 70.0 Å². The predicted octanol–water partition coefficient (Wildman–Crippen LogP) is 6.85. The summed E-state index contributed by atoms with van der Waals surface area (Å²) in [5, 5.41) is 2.79. The number of aliphatic imine (C=N–C) groups is 1. The Kier molecular flexibility index (Phi) is 11.4. The molecule has 42 heavy (non-hydrogen) atoms. The monoisotopic (exact) mass is 569 g/mol. The van der Waals surface area contributed by atoms with Crippen LogP contribution in [0.25, 0.3) is 0 Å². The van der Waals surface area contributed by atoms with Gasteiger partial charge in [0.05, 0.1) is 26.3 Å². The van der Waals surface area contributed by atoms with Gasteiger partial charge in [-0.3, -0.25) is 10.1 Å². The minimum atomic E-state index is -0.275. The minimum absolute atomic E-state index is 0.0133. The number of carbonyl (C=O) groups is 1. The standard InChI is InChI=1S/C35H43N3O4/c1-5-6-12-27(25-33-34(39)37-35(42-33)36-28-13-8-7-9-14-28)20-19-26(2)38(29-15-10-17-31(40-3)23-21-29)30-16-11-18-32(41-4)24-22-30/h5,10,12,15-26,28-29H,1,6-9,11,13-14H2,2-4H3,(H,36,37,39)/b20-19-,27-12+,33-25+. The second kappa shape index (κ2) is 15.7. The number of methoxy groups -OCH3 is 2. The van der Waals surface area contributed by atoms with Gasteiger partial charge >= 0.3 is 0 Å². The smallest absolute Gasteiger partial charge is 0.297 e. The molecule has 2 unspecified atom stereocenters. The zero-order chi connectivity index (χ0) is 29.7. The molecular formula is C35H43N3O4. The number of ether oxygens (including phenoxy) is 3. The Hall–Kier alpha value is -4.26. The van der Waals surface area contributed by atoms with Crippen molar-refractivity contribution in [1.82, 2.24) is 10.2 Å². The second-order valence-electron chi connectivity index (χ2n) is 10.5. The van der Waals surface area contributed by atoms with Gasteiger partial charge in [0.15, 0.2) is 5.76 Å². The van der Waals surface area contributed by atoms with Crippen LogP contribution in [-0.4, -0.2) is 49.2 Å². The minimum Gasteiger partial charge on any atom is -0.497 e. The maximum Gasteiger partial charge on any atom is 0.297 e. The lowest BCUT2D eigenvalue weighted by Gasteiger charge is -2.35. The van der Waals surface area contributed by atoms with Crippen LogP contribution in [0.5, 0.6) is 0 Å². The van der Waals surface area contributed by atoms with E-state index in [4.69, 9.17) is 14.2 Å². The van der Waals surface area contributed by atoms with Gasteiger partial charge in [0.1, 0.15) is 11.5 Å². The van der Waals surface area contributed by atoms with E-state index in [0.717, 1.165) is 42.1 Å². The third-order valence-electron chi connectivity index (χ3n) is 7.53. The van der Waals surface area contributed by atoms with Crippen LogP contribution in [0.1, 0.15) is 51.9 Å². The van der Waals surface area contributed by atoms with Gasteiger partial charge in [0.2, 0.25) is 0 Å². The molecule has 0 aromatic rings. The third kappa shape index (κ3) is 8.62. The molecule has 0 radical (unpaired) electrons. The molecule has 0 bridgehead atoms. The summed E-state index contributed by atoms with van der Waals surface area (Å²) in [5.41, 5.74) is 1.93. The summed E-state index contributed by atoms with van der Waals surface area (Å²) in [6.07, 6.45) is 35.5. The zero-order valence-electron chi connectivity index (χ0n) is 25.0. The van der Waals surface area contributed by atoms with E-state index in [9.17, 15) is 4.79 Å². The maximum absolute atomic E-state index is 12.7. The summed E-state index contributed by atoms with van der Waals surface area (Å²) >= 11 is 0. The highest BCUT2D eigenvalue weighted by Gasteiger charge is 2.27. The second-order valence-corrected chi connectivity index (χ2v) is 10.5. The van der Waals surface area contributed by atoms with Crippen molar-refractivity contribution in [1.29, 1.82) is 0 Å². The first-order valence-corrected chi connectivity index (χ1v) is 14.8. The average Bonchev–Trinajstić information content (AvgIpc) is 3.18. The number of nitrogens with zero attached hydrogens (tertiary/aromatic N) is 2. The largest absolute Gasteiger partial charge is 0.497 e. The quantitative estimate of drug-likeness (QED) is 0.167. The van der Waals surface area contributed by atoms with Crippen molar-refractivity contribution in [2.75, 3.05) is 14.2 Å². The Balaban J connectivity index is 1.57. The Morgan fingerprint density at radius 3 is 2.71 bits per heavy atom. The molecule has 1 heterocycles. The van der Waals surface area contributed by atoms with Gasteiger partial charge in [0, 0.05) is 11.7 Å². The van der Waals surface area contributed by atoms with Crippen LogP contribution in [0.2, 0.25) is 0 Å². The number of carbonyl (C=O) groups excluding carboxylic acids is 1. The van der Waals surface area contributed by atoms with Crippen molar-refractivity contribution >= 4 is 11.9 Å². The average molecular weight is 570 g/mol. The summed E-state index contributed by atoms with van der Waals surface area (Å²) in [4.78, 5) is 19.7. The molecule has 1 saturated heterocycles. The van der Waals surface area contributed by atoms with E-state index in [2.05, 4.69) is 65.2 Å². The van der Waals surface area contributed by atoms with E-state index >= 15 is 0 Å². The fraction of sp³-hybridized carbons (Fsp3) is 0.371. The molecule has 7 nitrogen and oxygen atoms in total. The van der Waals surface area contributed by atoms with Crippen molar-refractivity contribution in [3.8, 4) is 0 Å². The number of amidine groups is 1. The third-order valence-corrected chi connectivity index (χ3v) is 7.53. The molecule has 2 atom stereocenters. The van der Waals surface area contributed by atoms with E-state index < -0.39 is 0 Å². The predicted molar refractivity (Wildman–Crippen MR) is 169 cm³/mol. The number of amides is 1. The van der Waals surface area contributed by atoms with Crippen molar-refractivity contribution < 1.29 is 19.0 Å². The van der Waals surface area contributed by atoms with Crippen LogP contribution >= 0.6 is 0 Å². The fourth-order valence-electron chi connectivity index (χ4n) is 5.27. The lowest BCUT2D eigenvalue weighted by Crippen LogP contribution is -2.37. The molecule has 0 aromatic carbocycles. The lowest BCUT2D eigenvalue weighted by atomic mass is 9.96. The molecule has 7 heteroatoms. The molecule has 1 N–H and O–H groups in total. The Bertz CT molecular complexity index is 1300. The van der Waals surface area contributed by atoms with E-state index in [1.165, 1.54) is 19.3 Å². The van der Waals surface area contributed by atoms with Crippen LogP contribution in [0, 0.1) is 0 Å². The van der Waals surface area contributed by atoms with E-state index in [1.54, 1.807) is 20.3 Å². The number of allylic oxidation sites excluding steroid dienone is 12. The first kappa shape index (κ1) is 30.7. The highest BCUT2D eigenvalue weighted by molar-refractivity contribution is 6.09. The van der Waals surface area contributed by atoms with Crippen molar-refractivity contribution in [3.05, 3.63) is 120 Å². The van der Waals surface area contributed by atoms with Gasteiger partial charge in [-0.25, -0.2) is 4.99 Å². The van der Waals surface area contributed by atoms with Crippen LogP contribution < -0.4 is 5.32 Å². The molecule has 3 aliphatic carbocycles. The van der Waals surface area contributed by atoms with Gasteiger partial charge in [-0.15, -0.1) is 6.58 Å². The normalized spacial score (nSPS) is 24.0. The molecule has 0 spiro atoms. The summed E-state index contributed by atoms with van der Waals surface area (Å²) in [7, 11) is 3.36. The number of rotatable bonds is 11. The summed E-state index contributed by atoms with van der Waals surface area (Å²) in [6.45, 7) is 6.02. The topological polar surface area (TPSA) is 72.4 Å². The highest BCUT2D eigenvalue weighted by atomic mass is 16.5. The summed E-state index contributed by atoms with van der Waals surface area (Å²) < 4.78 is 16.8. The van der Waals surface area contributed by atoms with Crippen LogP contribution in [0.4, 0.5) is 0 Å². The van der Waals surface area contributed by atoms with Gasteiger partial charge in [-0.2, -0.15) is 0 Å². The van der Waals surface area contributed by atoms with E-state index in [1.807, 2.05) is 42.5 Å². The Morgan fingerprint density at radius 2 is 1.95 bits per heavy atom. The highest BCUT2D eigenvalue weighted by Crippen LogP contribution is 2.25. The maximum atomic E-state index is 12.7. The van der Waals surface area contributed by atoms with Gasteiger partial charge < -0.3 is 19.1 Å². The van der Waals surface area contributed by atoms with E-state index in [0.29, 0.717) is 12.4 Å². The SMILES string of the molecule is C=CC/C=C(\C=C/C(C)N(C1=CCC=C(OC)C=C1)C1C=CC=C(OC)C=C1)/C=C1/OC(=NC2CCCCC2)NC1=O. The first-order valence-electron chi connectivity index (χ1n) is 14.8. The number of hydrogen-bond acceptors (Lipinski definition) is 6. The molecule has 222 valence electrons. The molecule has 1 saturated carbocycles. The lowest BCUT2D eigenvalue weighted by molar-refractivity contribution is -0.116. The molecular weight excluding hydrogens is 526 g/mol. The number of nitrogens with one attached hydrogen (secondary N) is 1. The summed E-state index contributed by atoms with van der Waals surface area (Å²) in [5.74, 6) is 1.60. The fourth-order valence-corrected chi connectivity index (χ4v) is 5.27. The van der Waals surface area contributed by atoms with Crippen molar-refractivity contribution in [3.63, 3.8) is 0 Å². The molecule has 4 rings (SSSR count). The molecule has 1 amide bonds. The van der Waals surface area contributed by atoms with Gasteiger partial charge in [0.25, 0.3) is 11.9 Å². The van der Waals surface area contributed by atoms with Gasteiger partial charge in [-0.1, -0.05) is 67.9 Å². The molecule has 4 aliphatic rings. The zero-order valence-corrected chi connectivity index (χ0v) is 25.0. The first-order chi connectivity index (χ1) is 20.5. The Morgan fingerprint density at radius 1 is 1.14 bits per heavy atom. The van der Waals surface area contributed by atoms with Crippen LogP contribution in [-0.2, 0) is 19.0 Å². The molecule has 2 fully saturated rings. The van der Waals surface area contributed by atoms with Crippen molar-refractivity contribution in [2.24, 2.45) is 4.99 Å². The van der Waals surface area contributed by atoms with Crippen LogP contribution in [0.3, 0.4) is 0 Å². The molecule has 1 aliphatic heterocycles. The van der Waals surface area contributed by atoms with Gasteiger partial charge in [-0.05, 0) is 74.6 Å². The number of hydrogen-bond donors (Lipinski definition) is 1. The Labute approximate surface area is 250 Å². The van der Waals surface area contributed by atoms with E-state index in [-0.39, 0.29) is 29.8 Å². The van der Waals surface area contributed by atoms with Crippen LogP contribution in [0.15, 0.2) is 125 Å². The summed E-state index contributed by atoms with van der Waals surface area (Å²) in [6, 6.07) is 0.480. The molecule has 0 aromatic heterocycles.